The van der Waals surface area contributed by atoms with E-state index in [1.807, 2.05) is 24.3 Å². The maximum absolute atomic E-state index is 10.3. The number of hydrogen-bond donors (Lipinski definition) is 3. The first-order chi connectivity index (χ1) is 14.5. The average Bonchev–Trinajstić information content (AvgIpc) is 3.16. The van der Waals surface area contributed by atoms with Crippen LogP contribution in [0.5, 0.6) is 23.1 Å². The molecule has 0 fully saturated rings. The van der Waals surface area contributed by atoms with Crippen LogP contribution in [0.3, 0.4) is 0 Å². The Hall–Kier alpha value is -3.64. The summed E-state index contributed by atoms with van der Waals surface area (Å²) in [7, 11) is 2.88. The van der Waals surface area contributed by atoms with Crippen LogP contribution >= 0.6 is 15.9 Å². The second-order valence-corrected chi connectivity index (χ2v) is 7.44. The van der Waals surface area contributed by atoms with Gasteiger partial charge in [0.15, 0.2) is 11.5 Å². The molecule has 0 radical (unpaired) electrons. The van der Waals surface area contributed by atoms with Gasteiger partial charge in [0, 0.05) is 10.0 Å². The number of fused-ring (bicyclic) bond motifs is 1. The molecule has 0 saturated carbocycles. The highest BCUT2D eigenvalue weighted by atomic mass is 79.9. The van der Waals surface area contributed by atoms with Crippen LogP contribution in [0.1, 0.15) is 17.0 Å². The van der Waals surface area contributed by atoms with E-state index in [-0.39, 0.29) is 34.6 Å². The van der Waals surface area contributed by atoms with Crippen LogP contribution in [0.2, 0.25) is 0 Å². The number of nitriles is 1. The fourth-order valence-corrected chi connectivity index (χ4v) is 3.76. The summed E-state index contributed by atoms with van der Waals surface area (Å²) in [5, 5.41) is 27.4. The molecule has 1 unspecified atom stereocenters. The molecule has 1 aliphatic heterocycles. The van der Waals surface area contributed by atoms with Crippen molar-refractivity contribution in [2.24, 2.45) is 5.73 Å². The Balaban J connectivity index is 1.98. The first kappa shape index (κ1) is 19.7. The van der Waals surface area contributed by atoms with Crippen molar-refractivity contribution in [1.82, 2.24) is 10.2 Å². The van der Waals surface area contributed by atoms with Crippen LogP contribution in [-0.4, -0.2) is 29.5 Å². The molecule has 0 saturated heterocycles. The molecule has 152 valence electrons. The number of nitrogens with one attached hydrogen (secondary N) is 1. The molecule has 3 aromatic rings. The van der Waals surface area contributed by atoms with Gasteiger partial charge in [-0.2, -0.15) is 5.26 Å². The highest BCUT2D eigenvalue weighted by molar-refractivity contribution is 9.10. The van der Waals surface area contributed by atoms with E-state index >= 15 is 0 Å². The molecule has 2 aromatic carbocycles. The number of methoxy groups -OCH3 is 2. The number of halogens is 1. The van der Waals surface area contributed by atoms with Crippen molar-refractivity contribution < 1.29 is 19.3 Å². The van der Waals surface area contributed by atoms with Crippen LogP contribution < -0.4 is 19.9 Å². The Morgan fingerprint density at radius 1 is 1.20 bits per heavy atom. The summed E-state index contributed by atoms with van der Waals surface area (Å²) in [5.41, 5.74) is 9.08. The summed E-state index contributed by atoms with van der Waals surface area (Å²) in [6.45, 7) is 0. The van der Waals surface area contributed by atoms with Crippen LogP contribution in [0.25, 0.3) is 11.3 Å². The lowest BCUT2D eigenvalue weighted by Gasteiger charge is -2.25. The third-order valence-corrected chi connectivity index (χ3v) is 5.44. The summed E-state index contributed by atoms with van der Waals surface area (Å²) in [5.74, 6) is -0.0782. The number of benzene rings is 2. The van der Waals surface area contributed by atoms with Crippen molar-refractivity contribution in [2.75, 3.05) is 14.2 Å². The maximum atomic E-state index is 10.3. The van der Waals surface area contributed by atoms with E-state index in [9.17, 15) is 10.4 Å². The maximum Gasteiger partial charge on any atom is 0.244 e. The summed E-state index contributed by atoms with van der Waals surface area (Å²) in [6.07, 6.45) is 0. The highest BCUT2D eigenvalue weighted by Gasteiger charge is 2.36. The zero-order valence-corrected chi connectivity index (χ0v) is 17.6. The second-order valence-electron chi connectivity index (χ2n) is 6.52. The minimum absolute atomic E-state index is 0.0325. The number of ether oxygens (including phenoxy) is 3. The molecule has 1 atom stereocenters. The number of rotatable bonds is 4. The van der Waals surface area contributed by atoms with Gasteiger partial charge in [-0.25, -0.2) is 0 Å². The molecule has 0 aliphatic carbocycles. The predicted octanol–water partition coefficient (Wildman–Crippen LogP) is 3.78. The Morgan fingerprint density at radius 3 is 2.40 bits per heavy atom. The molecular weight excluding hydrogens is 452 g/mol. The molecule has 9 heteroatoms. The van der Waals surface area contributed by atoms with E-state index < -0.39 is 5.92 Å². The predicted molar refractivity (Wildman–Crippen MR) is 112 cm³/mol. The standard InChI is InChI=1S/C21H17BrN4O4/c1-28-14-7-11(8-15(29-2)19(14)27)16-13(9-23)20(24)30-21-17(16)18(25-26-21)10-3-5-12(22)6-4-10/h3-8,16,27H,24H2,1-2H3,(H,25,26). The molecular formula is C21H17BrN4O4. The van der Waals surface area contributed by atoms with Crippen molar-refractivity contribution in [1.29, 1.82) is 5.26 Å². The monoisotopic (exact) mass is 468 g/mol. The summed E-state index contributed by atoms with van der Waals surface area (Å²) in [4.78, 5) is 0. The van der Waals surface area contributed by atoms with Gasteiger partial charge in [0.2, 0.25) is 17.5 Å². The van der Waals surface area contributed by atoms with Crippen molar-refractivity contribution in [3.63, 3.8) is 0 Å². The first-order valence-electron chi connectivity index (χ1n) is 8.85. The molecule has 1 aliphatic rings. The van der Waals surface area contributed by atoms with E-state index in [0.29, 0.717) is 16.8 Å². The largest absolute Gasteiger partial charge is 0.502 e. The Bertz CT molecular complexity index is 1170. The number of allylic oxidation sites excluding steroid dienone is 1. The van der Waals surface area contributed by atoms with E-state index in [0.717, 1.165) is 10.0 Å². The van der Waals surface area contributed by atoms with Gasteiger partial charge >= 0.3 is 0 Å². The van der Waals surface area contributed by atoms with E-state index in [2.05, 4.69) is 32.2 Å². The molecule has 0 amide bonds. The SMILES string of the molecule is COc1cc(C2C(C#N)=C(N)Oc3n[nH]c(-c4ccc(Br)cc4)c32)cc(OC)c1O. The smallest absolute Gasteiger partial charge is 0.244 e. The lowest BCUT2D eigenvalue weighted by atomic mass is 9.82. The number of nitrogens with two attached hydrogens (primary N) is 1. The normalized spacial score (nSPS) is 15.2. The fourth-order valence-electron chi connectivity index (χ4n) is 3.50. The minimum Gasteiger partial charge on any atom is -0.502 e. The van der Waals surface area contributed by atoms with Gasteiger partial charge in [0.1, 0.15) is 11.6 Å². The van der Waals surface area contributed by atoms with Gasteiger partial charge in [-0.05, 0) is 29.8 Å². The highest BCUT2D eigenvalue weighted by Crippen LogP contribution is 2.48. The van der Waals surface area contributed by atoms with Crippen LogP contribution in [0.15, 0.2) is 52.3 Å². The van der Waals surface area contributed by atoms with Crippen LogP contribution in [0.4, 0.5) is 0 Å². The number of phenols is 1. The molecule has 30 heavy (non-hydrogen) atoms. The Morgan fingerprint density at radius 2 is 1.83 bits per heavy atom. The van der Waals surface area contributed by atoms with E-state index in [4.69, 9.17) is 19.9 Å². The first-order valence-corrected chi connectivity index (χ1v) is 9.64. The van der Waals surface area contributed by atoms with Gasteiger partial charge < -0.3 is 25.1 Å². The van der Waals surface area contributed by atoms with E-state index in [1.54, 1.807) is 12.1 Å². The average molecular weight is 469 g/mol. The van der Waals surface area contributed by atoms with Gasteiger partial charge in [-0.3, -0.25) is 5.10 Å². The minimum atomic E-state index is -0.612. The quantitative estimate of drug-likeness (QED) is 0.531. The molecule has 0 bridgehead atoms. The van der Waals surface area contributed by atoms with Gasteiger partial charge in [0.05, 0.1) is 31.4 Å². The zero-order valence-electron chi connectivity index (χ0n) is 16.1. The number of aromatic amines is 1. The number of phenolic OH excluding ortho intramolecular Hbond substituents is 1. The molecule has 1 aromatic heterocycles. The summed E-state index contributed by atoms with van der Waals surface area (Å²) in [6, 6.07) is 13.1. The number of aromatic hydroxyl groups is 1. The summed E-state index contributed by atoms with van der Waals surface area (Å²) >= 11 is 3.43. The van der Waals surface area contributed by atoms with Crippen LogP contribution in [0, 0.1) is 11.3 Å². The van der Waals surface area contributed by atoms with Crippen LogP contribution in [-0.2, 0) is 0 Å². The van der Waals surface area contributed by atoms with Gasteiger partial charge in [-0.1, -0.05) is 28.1 Å². The topological polar surface area (TPSA) is 126 Å². The Labute approximate surface area is 180 Å². The van der Waals surface area contributed by atoms with Crippen molar-refractivity contribution >= 4 is 15.9 Å². The molecule has 2 heterocycles. The van der Waals surface area contributed by atoms with Gasteiger partial charge in [0.25, 0.3) is 0 Å². The van der Waals surface area contributed by atoms with Crippen molar-refractivity contribution in [3.8, 4) is 40.5 Å². The number of H-pyrrole nitrogens is 1. The van der Waals surface area contributed by atoms with Crippen molar-refractivity contribution in [2.45, 2.75) is 5.92 Å². The number of aromatic nitrogens is 2. The third-order valence-electron chi connectivity index (χ3n) is 4.91. The second kappa shape index (κ2) is 7.65. The molecule has 0 spiro atoms. The molecule has 4 N–H and O–H groups in total. The number of nitrogens with zero attached hydrogens (tertiary/aromatic N) is 2. The fraction of sp³-hybridized carbons (Fsp3) is 0.143. The summed E-state index contributed by atoms with van der Waals surface area (Å²) < 4.78 is 17.1. The van der Waals surface area contributed by atoms with E-state index in [1.165, 1.54) is 14.2 Å². The van der Waals surface area contributed by atoms with Gasteiger partial charge in [-0.15, -0.1) is 5.10 Å². The lowest BCUT2D eigenvalue weighted by molar-refractivity contribution is 0.338. The molecule has 8 nitrogen and oxygen atoms in total. The zero-order chi connectivity index (χ0) is 21.4. The number of hydrogen-bond acceptors (Lipinski definition) is 7. The lowest BCUT2D eigenvalue weighted by Crippen LogP contribution is -2.21. The Kier molecular flexibility index (Phi) is 5.01. The molecule has 4 rings (SSSR count). The van der Waals surface area contributed by atoms with Crippen molar-refractivity contribution in [3.05, 3.63) is 63.5 Å². The third kappa shape index (κ3) is 3.11.